The molecule has 92 valence electrons. The molecule has 1 heterocycles. The number of thiophene rings is 1. The molecule has 0 amide bonds. The van der Waals surface area contributed by atoms with Crippen LogP contribution < -0.4 is 5.14 Å². The summed E-state index contributed by atoms with van der Waals surface area (Å²) in [7, 11) is -3.65. The number of hydrogen-bond acceptors (Lipinski definition) is 3. The van der Waals surface area contributed by atoms with Gasteiger partial charge in [-0.05, 0) is 30.5 Å². The molecule has 0 bridgehead atoms. The van der Waals surface area contributed by atoms with Crippen LogP contribution in [0.5, 0.6) is 0 Å². The molecule has 0 radical (unpaired) electrons. The highest BCUT2D eigenvalue weighted by molar-refractivity contribution is 7.89. The predicted molar refractivity (Wildman–Crippen MR) is 72.0 cm³/mol. The Morgan fingerprint density at radius 2 is 1.94 bits per heavy atom. The molecule has 2 N–H and O–H groups in total. The van der Waals surface area contributed by atoms with Crippen molar-refractivity contribution in [2.45, 2.75) is 31.6 Å². The normalized spacial score (nSPS) is 12.5. The maximum Gasteiger partial charge on any atom is 0.239 e. The zero-order valence-corrected chi connectivity index (χ0v) is 11.7. The van der Waals surface area contributed by atoms with Crippen LogP contribution in [0.4, 0.5) is 0 Å². The van der Waals surface area contributed by atoms with Gasteiger partial charge < -0.3 is 0 Å². The minimum Gasteiger partial charge on any atom is -0.225 e. The molecular weight excluding hydrogens is 254 g/mol. The second kappa shape index (κ2) is 4.08. The fraction of sp³-hybridized carbons (Fsp3) is 0.333. The van der Waals surface area contributed by atoms with E-state index in [0.29, 0.717) is 5.92 Å². The maximum absolute atomic E-state index is 11.6. The van der Waals surface area contributed by atoms with Crippen molar-refractivity contribution >= 4 is 31.4 Å². The van der Waals surface area contributed by atoms with Gasteiger partial charge in [-0.1, -0.05) is 19.9 Å². The van der Waals surface area contributed by atoms with Crippen molar-refractivity contribution in [3.8, 4) is 0 Å². The number of benzene rings is 1. The summed E-state index contributed by atoms with van der Waals surface area (Å²) >= 11 is 1.47. The molecule has 0 spiro atoms. The van der Waals surface area contributed by atoms with E-state index >= 15 is 0 Å². The predicted octanol–water partition coefficient (Wildman–Crippen LogP) is 2.98. The van der Waals surface area contributed by atoms with Crippen molar-refractivity contribution in [3.05, 3.63) is 28.6 Å². The summed E-state index contributed by atoms with van der Waals surface area (Å²) in [5.74, 6) is 0.368. The SMILES string of the molecule is Cc1sc2ccc(C(C)C)cc2c1S(N)(=O)=O. The van der Waals surface area contributed by atoms with E-state index in [9.17, 15) is 8.42 Å². The van der Waals surface area contributed by atoms with Crippen LogP contribution >= 0.6 is 11.3 Å². The van der Waals surface area contributed by atoms with Crippen molar-refractivity contribution < 1.29 is 8.42 Å². The third-order valence-electron chi connectivity index (χ3n) is 2.78. The number of aryl methyl sites for hydroxylation is 1. The minimum atomic E-state index is -3.65. The molecule has 2 aromatic rings. The van der Waals surface area contributed by atoms with E-state index in [1.54, 1.807) is 6.92 Å². The van der Waals surface area contributed by atoms with Gasteiger partial charge in [-0.25, -0.2) is 13.6 Å². The van der Waals surface area contributed by atoms with Gasteiger partial charge in [0.1, 0.15) is 4.90 Å². The maximum atomic E-state index is 11.6. The molecule has 0 atom stereocenters. The van der Waals surface area contributed by atoms with Gasteiger partial charge in [0, 0.05) is 15.0 Å². The van der Waals surface area contributed by atoms with Gasteiger partial charge >= 0.3 is 0 Å². The van der Waals surface area contributed by atoms with Gasteiger partial charge in [0.2, 0.25) is 10.0 Å². The molecule has 1 aromatic heterocycles. The molecule has 0 aliphatic carbocycles. The van der Waals surface area contributed by atoms with Gasteiger partial charge in [-0.3, -0.25) is 0 Å². The van der Waals surface area contributed by atoms with E-state index in [1.807, 2.05) is 18.2 Å². The second-order valence-corrected chi connectivity index (χ2v) is 7.20. The molecule has 0 fully saturated rings. The van der Waals surface area contributed by atoms with Gasteiger partial charge in [0.15, 0.2) is 0 Å². The van der Waals surface area contributed by atoms with Gasteiger partial charge in [-0.2, -0.15) is 0 Å². The fourth-order valence-electron chi connectivity index (χ4n) is 1.93. The van der Waals surface area contributed by atoms with E-state index in [-0.39, 0.29) is 4.90 Å². The summed E-state index contributed by atoms with van der Waals surface area (Å²) < 4.78 is 24.2. The minimum absolute atomic E-state index is 0.278. The molecule has 0 aliphatic heterocycles. The molecule has 3 nitrogen and oxygen atoms in total. The number of rotatable bonds is 2. The second-order valence-electron chi connectivity index (χ2n) is 4.44. The topological polar surface area (TPSA) is 60.2 Å². The lowest BCUT2D eigenvalue weighted by atomic mass is 10.0. The first-order valence-corrected chi connectivity index (χ1v) is 7.73. The Labute approximate surface area is 105 Å². The Kier molecular flexibility index (Phi) is 3.01. The summed E-state index contributed by atoms with van der Waals surface area (Å²) in [5.41, 5.74) is 1.13. The number of primary sulfonamides is 1. The van der Waals surface area contributed by atoms with Crippen LogP contribution in [0, 0.1) is 6.92 Å². The first kappa shape index (κ1) is 12.5. The van der Waals surface area contributed by atoms with Crippen LogP contribution in [0.3, 0.4) is 0 Å². The molecule has 2 rings (SSSR count). The lowest BCUT2D eigenvalue weighted by Crippen LogP contribution is -2.12. The van der Waals surface area contributed by atoms with E-state index < -0.39 is 10.0 Å². The van der Waals surface area contributed by atoms with Crippen LogP contribution in [-0.2, 0) is 10.0 Å². The molecule has 0 saturated carbocycles. The smallest absolute Gasteiger partial charge is 0.225 e. The van der Waals surface area contributed by atoms with E-state index in [0.717, 1.165) is 20.5 Å². The number of sulfonamides is 1. The highest BCUT2D eigenvalue weighted by Crippen LogP contribution is 2.35. The first-order chi connectivity index (χ1) is 7.80. The van der Waals surface area contributed by atoms with Crippen molar-refractivity contribution in [2.24, 2.45) is 5.14 Å². The highest BCUT2D eigenvalue weighted by atomic mass is 32.2. The van der Waals surface area contributed by atoms with E-state index in [1.165, 1.54) is 11.3 Å². The molecule has 17 heavy (non-hydrogen) atoms. The van der Waals surface area contributed by atoms with Gasteiger partial charge in [0.25, 0.3) is 0 Å². The van der Waals surface area contributed by atoms with Gasteiger partial charge in [-0.15, -0.1) is 11.3 Å². The lowest BCUT2D eigenvalue weighted by molar-refractivity contribution is 0.598. The molecular formula is C12H15NO2S2. The Hall–Kier alpha value is -0.910. The van der Waals surface area contributed by atoms with Crippen molar-refractivity contribution in [1.82, 2.24) is 0 Å². The Balaban J connectivity index is 2.83. The summed E-state index contributed by atoms with van der Waals surface area (Å²) in [6, 6.07) is 5.94. The monoisotopic (exact) mass is 269 g/mol. The number of hydrogen-bond donors (Lipinski definition) is 1. The van der Waals surface area contributed by atoms with Crippen LogP contribution in [0.15, 0.2) is 23.1 Å². The first-order valence-electron chi connectivity index (χ1n) is 5.36. The highest BCUT2D eigenvalue weighted by Gasteiger charge is 2.19. The van der Waals surface area contributed by atoms with Crippen LogP contribution in [0.2, 0.25) is 0 Å². The van der Waals surface area contributed by atoms with Crippen LogP contribution in [-0.4, -0.2) is 8.42 Å². The van der Waals surface area contributed by atoms with Crippen molar-refractivity contribution in [1.29, 1.82) is 0 Å². The van der Waals surface area contributed by atoms with Crippen LogP contribution in [0.25, 0.3) is 10.1 Å². The molecule has 0 saturated heterocycles. The largest absolute Gasteiger partial charge is 0.239 e. The molecule has 0 unspecified atom stereocenters. The third-order valence-corrected chi connectivity index (χ3v) is 5.09. The third kappa shape index (κ3) is 2.22. The summed E-state index contributed by atoms with van der Waals surface area (Å²) in [6.07, 6.45) is 0. The van der Waals surface area contributed by atoms with Crippen molar-refractivity contribution in [2.75, 3.05) is 0 Å². The van der Waals surface area contributed by atoms with Crippen LogP contribution in [0.1, 0.15) is 30.2 Å². The standard InChI is InChI=1S/C12H15NO2S2/c1-7(2)9-4-5-11-10(6-9)12(8(3)16-11)17(13,14)15/h4-7H,1-3H3,(H2,13,14,15). The number of fused-ring (bicyclic) bond motifs is 1. The summed E-state index contributed by atoms with van der Waals surface area (Å²) in [5, 5.41) is 6.02. The zero-order valence-electron chi connectivity index (χ0n) is 10.0. The Morgan fingerprint density at radius 1 is 1.29 bits per heavy atom. The lowest BCUT2D eigenvalue weighted by Gasteiger charge is -2.05. The van der Waals surface area contributed by atoms with E-state index in [2.05, 4.69) is 13.8 Å². The average molecular weight is 269 g/mol. The van der Waals surface area contributed by atoms with Crippen molar-refractivity contribution in [3.63, 3.8) is 0 Å². The average Bonchev–Trinajstić information content (AvgIpc) is 2.51. The molecule has 1 aromatic carbocycles. The summed E-state index contributed by atoms with van der Waals surface area (Å²) in [6.45, 7) is 5.95. The Bertz CT molecular complexity index is 669. The summed E-state index contributed by atoms with van der Waals surface area (Å²) in [4.78, 5) is 1.03. The molecule has 0 aliphatic rings. The fourth-order valence-corrected chi connectivity index (χ4v) is 4.28. The number of nitrogens with two attached hydrogens (primary N) is 1. The zero-order chi connectivity index (χ0) is 12.8. The van der Waals surface area contributed by atoms with Gasteiger partial charge in [0.05, 0.1) is 0 Å². The molecule has 5 heteroatoms. The van der Waals surface area contributed by atoms with E-state index in [4.69, 9.17) is 5.14 Å². The quantitative estimate of drug-likeness (QED) is 0.911. The Morgan fingerprint density at radius 3 is 2.47 bits per heavy atom.